The first-order chi connectivity index (χ1) is 7.75. The third-order valence-corrected chi connectivity index (χ3v) is 3.56. The average Bonchev–Trinajstić information content (AvgIpc) is 2.88. The van der Waals surface area contributed by atoms with Crippen LogP contribution in [0.15, 0.2) is 0 Å². The minimum Gasteiger partial charge on any atom is -0.342 e. The number of nitrogens with zero attached hydrogens (tertiary/aromatic N) is 2. The summed E-state index contributed by atoms with van der Waals surface area (Å²) in [5.41, 5.74) is 0. The van der Waals surface area contributed by atoms with E-state index in [-0.39, 0.29) is 0 Å². The van der Waals surface area contributed by atoms with Gasteiger partial charge < -0.3 is 10.2 Å². The van der Waals surface area contributed by atoms with Crippen molar-refractivity contribution in [3.8, 4) is 0 Å². The van der Waals surface area contributed by atoms with Crippen LogP contribution in [0.2, 0.25) is 0 Å². The van der Waals surface area contributed by atoms with E-state index in [0.717, 1.165) is 26.2 Å². The summed E-state index contributed by atoms with van der Waals surface area (Å²) in [6.45, 7) is 4.65. The van der Waals surface area contributed by atoms with E-state index in [2.05, 4.69) is 10.2 Å². The van der Waals surface area contributed by atoms with Crippen molar-refractivity contribution in [1.82, 2.24) is 15.1 Å². The Morgan fingerprint density at radius 2 is 2.12 bits per heavy atom. The molecule has 2 rings (SSSR count). The Morgan fingerprint density at radius 3 is 2.75 bits per heavy atom. The van der Waals surface area contributed by atoms with E-state index in [1.54, 1.807) is 0 Å². The molecule has 0 aromatic carbocycles. The van der Waals surface area contributed by atoms with Crippen LogP contribution < -0.4 is 5.32 Å². The Bertz CT molecular complexity index is 232. The summed E-state index contributed by atoms with van der Waals surface area (Å²) >= 11 is 0. The average molecular weight is 225 g/mol. The van der Waals surface area contributed by atoms with E-state index >= 15 is 0 Å². The summed E-state index contributed by atoms with van der Waals surface area (Å²) in [6.07, 6.45) is 4.89. The highest BCUT2D eigenvalue weighted by Gasteiger charge is 2.21. The molecule has 2 fully saturated rings. The normalized spacial score (nSPS) is 25.6. The van der Waals surface area contributed by atoms with Gasteiger partial charge in [-0.05, 0) is 39.3 Å². The molecule has 1 atom stereocenters. The second-order valence-electron chi connectivity index (χ2n) is 5.08. The van der Waals surface area contributed by atoms with Crippen LogP contribution in [0.3, 0.4) is 0 Å². The van der Waals surface area contributed by atoms with E-state index in [0.29, 0.717) is 18.5 Å². The standard InChI is InChI=1S/C12H23N3O/c1-14(9-11-5-4-6-13-11)10-12(16)15-7-2-3-8-15/h11,13H,2-10H2,1H3/t11-/m0/s1. The molecule has 0 spiro atoms. The number of likely N-dealkylation sites (N-methyl/N-ethyl adjacent to an activating group) is 1. The van der Waals surface area contributed by atoms with E-state index in [4.69, 9.17) is 0 Å². The van der Waals surface area contributed by atoms with Crippen molar-refractivity contribution in [3.63, 3.8) is 0 Å². The largest absolute Gasteiger partial charge is 0.342 e. The Labute approximate surface area is 98.0 Å². The fourth-order valence-corrected chi connectivity index (χ4v) is 2.65. The van der Waals surface area contributed by atoms with Gasteiger partial charge in [-0.15, -0.1) is 0 Å². The predicted octanol–water partition coefficient (Wildman–Crippen LogP) is 0.293. The number of likely N-dealkylation sites (tertiary alicyclic amines) is 1. The second-order valence-corrected chi connectivity index (χ2v) is 5.08. The quantitative estimate of drug-likeness (QED) is 0.747. The fraction of sp³-hybridized carbons (Fsp3) is 0.917. The summed E-state index contributed by atoms with van der Waals surface area (Å²) in [4.78, 5) is 16.0. The first-order valence-corrected chi connectivity index (χ1v) is 6.45. The lowest BCUT2D eigenvalue weighted by Crippen LogP contribution is -2.42. The summed E-state index contributed by atoms with van der Waals surface area (Å²) in [5.74, 6) is 0.304. The number of hydrogen-bond donors (Lipinski definition) is 1. The van der Waals surface area contributed by atoms with Crippen LogP contribution in [0, 0.1) is 0 Å². The third kappa shape index (κ3) is 3.19. The van der Waals surface area contributed by atoms with E-state index < -0.39 is 0 Å². The fourth-order valence-electron chi connectivity index (χ4n) is 2.65. The molecule has 92 valence electrons. The zero-order chi connectivity index (χ0) is 11.4. The van der Waals surface area contributed by atoms with Gasteiger partial charge in [-0.3, -0.25) is 9.69 Å². The van der Waals surface area contributed by atoms with Crippen LogP contribution in [-0.4, -0.2) is 61.5 Å². The molecule has 1 N–H and O–H groups in total. The van der Waals surface area contributed by atoms with Crippen LogP contribution in [-0.2, 0) is 4.79 Å². The van der Waals surface area contributed by atoms with Gasteiger partial charge in [0.05, 0.1) is 6.54 Å². The number of nitrogens with one attached hydrogen (secondary N) is 1. The monoisotopic (exact) mass is 225 g/mol. The molecule has 2 saturated heterocycles. The second kappa shape index (κ2) is 5.64. The molecule has 4 nitrogen and oxygen atoms in total. The molecule has 2 heterocycles. The van der Waals surface area contributed by atoms with Gasteiger partial charge in [-0.25, -0.2) is 0 Å². The molecule has 0 unspecified atom stereocenters. The first-order valence-electron chi connectivity index (χ1n) is 6.45. The van der Waals surface area contributed by atoms with Gasteiger partial charge in [0.25, 0.3) is 0 Å². The van der Waals surface area contributed by atoms with Crippen LogP contribution in [0.25, 0.3) is 0 Å². The van der Waals surface area contributed by atoms with Gasteiger partial charge in [0.2, 0.25) is 5.91 Å². The number of carbonyl (C=O) groups is 1. The lowest BCUT2D eigenvalue weighted by Gasteiger charge is -2.23. The van der Waals surface area contributed by atoms with E-state index in [9.17, 15) is 4.79 Å². The molecule has 1 amide bonds. The predicted molar refractivity (Wildman–Crippen MR) is 64.3 cm³/mol. The summed E-state index contributed by atoms with van der Waals surface area (Å²) < 4.78 is 0. The maximum atomic E-state index is 11.9. The molecular formula is C12H23N3O. The zero-order valence-electron chi connectivity index (χ0n) is 10.2. The zero-order valence-corrected chi connectivity index (χ0v) is 10.2. The minimum atomic E-state index is 0.304. The van der Waals surface area contributed by atoms with Crippen LogP contribution in [0.4, 0.5) is 0 Å². The van der Waals surface area contributed by atoms with Crippen LogP contribution in [0.5, 0.6) is 0 Å². The molecule has 0 aromatic rings. The molecule has 16 heavy (non-hydrogen) atoms. The van der Waals surface area contributed by atoms with Crippen molar-refractivity contribution in [2.75, 3.05) is 39.8 Å². The van der Waals surface area contributed by atoms with E-state index in [1.807, 2.05) is 11.9 Å². The molecule has 0 saturated carbocycles. The highest BCUT2D eigenvalue weighted by atomic mass is 16.2. The number of rotatable bonds is 4. The van der Waals surface area contributed by atoms with Gasteiger partial charge in [0, 0.05) is 25.7 Å². The van der Waals surface area contributed by atoms with Crippen molar-refractivity contribution in [3.05, 3.63) is 0 Å². The maximum absolute atomic E-state index is 11.9. The van der Waals surface area contributed by atoms with Crippen molar-refractivity contribution in [2.45, 2.75) is 31.7 Å². The molecule has 4 heteroatoms. The Morgan fingerprint density at radius 1 is 1.38 bits per heavy atom. The van der Waals surface area contributed by atoms with Crippen molar-refractivity contribution >= 4 is 5.91 Å². The van der Waals surface area contributed by atoms with Gasteiger partial charge in [-0.2, -0.15) is 0 Å². The van der Waals surface area contributed by atoms with Gasteiger partial charge in [0.1, 0.15) is 0 Å². The molecular weight excluding hydrogens is 202 g/mol. The Balaban J connectivity index is 1.68. The third-order valence-electron chi connectivity index (χ3n) is 3.56. The maximum Gasteiger partial charge on any atom is 0.236 e. The lowest BCUT2D eigenvalue weighted by molar-refractivity contribution is -0.131. The Hall–Kier alpha value is -0.610. The SMILES string of the molecule is CN(CC(=O)N1CCCC1)C[C@@H]1CCCN1. The lowest BCUT2D eigenvalue weighted by atomic mass is 10.2. The molecule has 0 aromatic heterocycles. The first kappa shape index (κ1) is 11.9. The molecule has 2 aliphatic heterocycles. The summed E-state index contributed by atoms with van der Waals surface area (Å²) in [6, 6.07) is 0.594. The summed E-state index contributed by atoms with van der Waals surface area (Å²) in [7, 11) is 2.05. The van der Waals surface area contributed by atoms with Crippen LogP contribution >= 0.6 is 0 Å². The van der Waals surface area contributed by atoms with Crippen molar-refractivity contribution in [1.29, 1.82) is 0 Å². The molecule has 0 radical (unpaired) electrons. The van der Waals surface area contributed by atoms with Crippen molar-refractivity contribution < 1.29 is 4.79 Å². The number of amides is 1. The van der Waals surface area contributed by atoms with Crippen molar-refractivity contribution in [2.24, 2.45) is 0 Å². The van der Waals surface area contributed by atoms with Gasteiger partial charge in [0.15, 0.2) is 0 Å². The molecule has 0 bridgehead atoms. The minimum absolute atomic E-state index is 0.304. The highest BCUT2D eigenvalue weighted by Crippen LogP contribution is 2.09. The summed E-state index contributed by atoms with van der Waals surface area (Å²) in [5, 5.41) is 3.46. The molecule has 2 aliphatic rings. The topological polar surface area (TPSA) is 35.6 Å². The van der Waals surface area contributed by atoms with Crippen LogP contribution in [0.1, 0.15) is 25.7 Å². The van der Waals surface area contributed by atoms with Gasteiger partial charge in [-0.1, -0.05) is 0 Å². The smallest absolute Gasteiger partial charge is 0.236 e. The molecule has 0 aliphatic carbocycles. The number of carbonyl (C=O) groups excluding carboxylic acids is 1. The van der Waals surface area contributed by atoms with Gasteiger partial charge >= 0.3 is 0 Å². The van der Waals surface area contributed by atoms with E-state index in [1.165, 1.54) is 25.7 Å². The highest BCUT2D eigenvalue weighted by molar-refractivity contribution is 5.78. The number of hydrogen-bond acceptors (Lipinski definition) is 3. The Kier molecular flexibility index (Phi) is 4.18.